The van der Waals surface area contributed by atoms with Gasteiger partial charge in [0, 0.05) is 18.2 Å². The number of hydrogen-bond acceptors (Lipinski definition) is 5. The van der Waals surface area contributed by atoms with E-state index in [1.807, 2.05) is 0 Å². The minimum Gasteiger partial charge on any atom is -0.476 e. The van der Waals surface area contributed by atoms with Crippen molar-refractivity contribution in [2.45, 2.75) is 6.92 Å². The molecule has 21 heavy (non-hydrogen) atoms. The van der Waals surface area contributed by atoms with E-state index in [9.17, 15) is 14.9 Å². The maximum absolute atomic E-state index is 10.9. The van der Waals surface area contributed by atoms with Crippen LogP contribution in [0.3, 0.4) is 0 Å². The van der Waals surface area contributed by atoms with Crippen molar-refractivity contribution in [1.29, 1.82) is 0 Å². The third-order valence-electron chi connectivity index (χ3n) is 2.61. The van der Waals surface area contributed by atoms with Gasteiger partial charge < -0.3 is 9.84 Å². The number of carboxylic acid groups (broad SMARTS) is 1. The summed E-state index contributed by atoms with van der Waals surface area (Å²) in [6, 6.07) is 6.83. The Morgan fingerprint density at radius 2 is 2.10 bits per heavy atom. The molecule has 0 aliphatic carbocycles. The molecule has 0 aliphatic heterocycles. The quantitative estimate of drug-likeness (QED) is 0.685. The van der Waals surface area contributed by atoms with E-state index >= 15 is 0 Å². The Labute approximate surface area is 123 Å². The summed E-state index contributed by atoms with van der Waals surface area (Å²) in [7, 11) is 0. The number of carboxylic acids is 1. The molecule has 2 rings (SSSR count). The molecule has 0 radical (unpaired) electrons. The lowest BCUT2D eigenvalue weighted by atomic mass is 10.2. The molecule has 0 amide bonds. The predicted octanol–water partition coefficient (Wildman–Crippen LogP) is 3.44. The second kappa shape index (κ2) is 5.76. The Morgan fingerprint density at radius 1 is 1.38 bits per heavy atom. The molecule has 108 valence electrons. The number of benzene rings is 1. The van der Waals surface area contributed by atoms with Gasteiger partial charge in [-0.3, -0.25) is 10.1 Å². The lowest BCUT2D eigenvalue weighted by Crippen LogP contribution is -2.02. The Kier molecular flexibility index (Phi) is 4.04. The maximum Gasteiger partial charge on any atom is 0.356 e. The molecule has 1 heterocycles. The minimum absolute atomic E-state index is 0.00438. The highest BCUT2D eigenvalue weighted by molar-refractivity contribution is 6.33. The van der Waals surface area contributed by atoms with Crippen LogP contribution in [0.4, 0.5) is 5.69 Å². The predicted molar refractivity (Wildman–Crippen MR) is 74.1 cm³/mol. The van der Waals surface area contributed by atoms with E-state index < -0.39 is 10.9 Å². The third kappa shape index (κ3) is 3.26. The number of ether oxygens (including phenoxy) is 1. The second-order valence-electron chi connectivity index (χ2n) is 4.09. The topological polar surface area (TPSA) is 103 Å². The first kappa shape index (κ1) is 14.7. The van der Waals surface area contributed by atoms with Crippen LogP contribution < -0.4 is 4.74 Å². The van der Waals surface area contributed by atoms with Gasteiger partial charge in [0.05, 0.1) is 9.95 Å². The molecule has 0 spiro atoms. The Balaban J connectivity index is 2.32. The molecule has 1 aromatic heterocycles. The zero-order chi connectivity index (χ0) is 15.6. The first-order chi connectivity index (χ1) is 9.88. The van der Waals surface area contributed by atoms with Crippen molar-refractivity contribution < 1.29 is 19.6 Å². The summed E-state index contributed by atoms with van der Waals surface area (Å²) in [5, 5.41) is 19.6. The van der Waals surface area contributed by atoms with Gasteiger partial charge in [-0.1, -0.05) is 11.6 Å². The molecule has 0 bridgehead atoms. The number of aromatic carboxylic acids is 1. The van der Waals surface area contributed by atoms with E-state index in [4.69, 9.17) is 21.4 Å². The van der Waals surface area contributed by atoms with Crippen LogP contribution in [-0.2, 0) is 0 Å². The molecule has 0 saturated heterocycles. The average Bonchev–Trinajstić information content (AvgIpc) is 2.42. The maximum atomic E-state index is 10.9. The van der Waals surface area contributed by atoms with Gasteiger partial charge in [-0.15, -0.1) is 0 Å². The van der Waals surface area contributed by atoms with Crippen molar-refractivity contribution in [2.24, 2.45) is 0 Å². The fourth-order valence-corrected chi connectivity index (χ4v) is 1.79. The fourth-order valence-electron chi connectivity index (χ4n) is 1.61. The summed E-state index contributed by atoms with van der Waals surface area (Å²) in [5.41, 5.74) is 0.140. The van der Waals surface area contributed by atoms with Gasteiger partial charge in [-0.2, -0.15) is 0 Å². The zero-order valence-corrected chi connectivity index (χ0v) is 11.5. The molecule has 0 atom stereocenters. The number of carbonyl (C=O) groups is 1. The molecule has 0 fully saturated rings. The van der Waals surface area contributed by atoms with Crippen molar-refractivity contribution >= 4 is 23.3 Å². The van der Waals surface area contributed by atoms with E-state index in [-0.39, 0.29) is 22.3 Å². The molecule has 0 unspecified atom stereocenters. The van der Waals surface area contributed by atoms with E-state index in [1.54, 1.807) is 6.92 Å². The van der Waals surface area contributed by atoms with E-state index in [1.165, 1.54) is 30.3 Å². The molecular weight excluding hydrogens is 300 g/mol. The summed E-state index contributed by atoms with van der Waals surface area (Å²) < 4.78 is 5.43. The van der Waals surface area contributed by atoms with Crippen LogP contribution in [0.1, 0.15) is 16.1 Å². The van der Waals surface area contributed by atoms with Gasteiger partial charge in [0.1, 0.15) is 5.75 Å². The van der Waals surface area contributed by atoms with Crippen molar-refractivity contribution in [2.75, 3.05) is 0 Å². The number of nitro benzene ring substituents is 1. The Morgan fingerprint density at radius 3 is 2.67 bits per heavy atom. The lowest BCUT2D eigenvalue weighted by Gasteiger charge is -2.08. The van der Waals surface area contributed by atoms with Gasteiger partial charge >= 0.3 is 5.97 Å². The third-order valence-corrected chi connectivity index (χ3v) is 2.91. The number of non-ortho nitro benzene ring substituents is 1. The van der Waals surface area contributed by atoms with Gasteiger partial charge in [-0.05, 0) is 24.6 Å². The smallest absolute Gasteiger partial charge is 0.356 e. The first-order valence-corrected chi connectivity index (χ1v) is 6.09. The second-order valence-corrected chi connectivity index (χ2v) is 4.50. The standard InChI is InChI=1S/C13H9ClN2O5/c1-7-6-8(16(19)20)2-4-10(7)21-11-5-3-9(14)12(15-11)13(17)18/h2-6H,1H3,(H,17,18). The van der Waals surface area contributed by atoms with E-state index in [2.05, 4.69) is 4.98 Å². The molecular formula is C13H9ClN2O5. The minimum atomic E-state index is -1.27. The van der Waals surface area contributed by atoms with Crippen LogP contribution in [0.25, 0.3) is 0 Å². The zero-order valence-electron chi connectivity index (χ0n) is 10.7. The van der Waals surface area contributed by atoms with E-state index in [0.717, 1.165) is 0 Å². The van der Waals surface area contributed by atoms with Crippen molar-refractivity contribution in [3.63, 3.8) is 0 Å². The number of nitro groups is 1. The van der Waals surface area contributed by atoms with E-state index in [0.29, 0.717) is 11.3 Å². The van der Waals surface area contributed by atoms with Crippen molar-refractivity contribution in [1.82, 2.24) is 4.98 Å². The lowest BCUT2D eigenvalue weighted by molar-refractivity contribution is -0.384. The normalized spacial score (nSPS) is 10.2. The number of hydrogen-bond donors (Lipinski definition) is 1. The number of pyridine rings is 1. The molecule has 2 aromatic rings. The van der Waals surface area contributed by atoms with Crippen LogP contribution in [0.2, 0.25) is 5.02 Å². The molecule has 7 nitrogen and oxygen atoms in total. The van der Waals surface area contributed by atoms with Crippen LogP contribution in [0, 0.1) is 17.0 Å². The highest BCUT2D eigenvalue weighted by Crippen LogP contribution is 2.28. The Hall–Kier alpha value is -2.67. The van der Waals surface area contributed by atoms with Gasteiger partial charge in [0.2, 0.25) is 5.88 Å². The van der Waals surface area contributed by atoms with Gasteiger partial charge in [0.25, 0.3) is 5.69 Å². The fraction of sp³-hybridized carbons (Fsp3) is 0.0769. The van der Waals surface area contributed by atoms with Crippen molar-refractivity contribution in [3.8, 4) is 11.6 Å². The number of halogens is 1. The van der Waals surface area contributed by atoms with Crippen LogP contribution >= 0.6 is 11.6 Å². The molecule has 1 aromatic carbocycles. The summed E-state index contributed by atoms with van der Waals surface area (Å²) >= 11 is 5.71. The first-order valence-electron chi connectivity index (χ1n) is 5.71. The summed E-state index contributed by atoms with van der Waals surface area (Å²) in [6.45, 7) is 1.64. The number of rotatable bonds is 4. The summed E-state index contributed by atoms with van der Waals surface area (Å²) in [5.74, 6) is -0.897. The Bertz CT molecular complexity index is 732. The highest BCUT2D eigenvalue weighted by atomic mass is 35.5. The molecule has 0 saturated carbocycles. The number of aryl methyl sites for hydroxylation is 1. The van der Waals surface area contributed by atoms with Crippen molar-refractivity contribution in [3.05, 3.63) is 56.7 Å². The summed E-state index contributed by atoms with van der Waals surface area (Å²) in [6.07, 6.45) is 0. The molecule has 8 heteroatoms. The largest absolute Gasteiger partial charge is 0.476 e. The number of nitrogens with zero attached hydrogens (tertiary/aromatic N) is 2. The number of aromatic nitrogens is 1. The summed E-state index contributed by atoms with van der Waals surface area (Å²) in [4.78, 5) is 24.9. The molecule has 1 N–H and O–H groups in total. The highest BCUT2D eigenvalue weighted by Gasteiger charge is 2.14. The molecule has 0 aliphatic rings. The van der Waals surface area contributed by atoms with Crippen LogP contribution in [0.5, 0.6) is 11.6 Å². The van der Waals surface area contributed by atoms with Gasteiger partial charge in [-0.25, -0.2) is 9.78 Å². The van der Waals surface area contributed by atoms with Crippen LogP contribution in [0.15, 0.2) is 30.3 Å². The SMILES string of the molecule is Cc1cc([N+](=O)[O-])ccc1Oc1ccc(Cl)c(C(=O)O)n1. The van der Waals surface area contributed by atoms with Gasteiger partial charge in [0.15, 0.2) is 5.69 Å². The van der Waals surface area contributed by atoms with Crippen LogP contribution in [-0.4, -0.2) is 21.0 Å². The monoisotopic (exact) mass is 308 g/mol. The average molecular weight is 309 g/mol.